The Morgan fingerprint density at radius 3 is 2.16 bits per heavy atom. The molecule has 0 radical (unpaired) electrons. The molecule has 2 N–H and O–H groups in total. The Kier molecular flexibility index (Phi) is 14.0. The van der Waals surface area contributed by atoms with Crippen molar-refractivity contribution in [2.75, 3.05) is 68.0 Å². The van der Waals surface area contributed by atoms with Crippen LogP contribution in [-0.4, -0.2) is 118 Å². The van der Waals surface area contributed by atoms with Crippen LogP contribution < -0.4 is 19.9 Å². The number of aromatic nitrogens is 1. The second-order valence-corrected chi connectivity index (χ2v) is 19.0. The number of anilines is 3. The van der Waals surface area contributed by atoms with E-state index in [4.69, 9.17) is 4.74 Å². The van der Waals surface area contributed by atoms with Crippen LogP contribution in [0.15, 0.2) is 164 Å². The number of nitrogens with zero attached hydrogens (tertiary/aromatic N) is 7. The minimum Gasteiger partial charge on any atom is -0.508 e. The fraction of sp³-hybridized carbons (Fsp3) is 0.254. The summed E-state index contributed by atoms with van der Waals surface area (Å²) in [5, 5.41) is 17.6. The fourth-order valence-corrected chi connectivity index (χ4v) is 10.7. The van der Waals surface area contributed by atoms with Gasteiger partial charge in [-0.1, -0.05) is 78.9 Å². The Hall–Kier alpha value is -8.36. The summed E-state index contributed by atoms with van der Waals surface area (Å²) in [7, 11) is 3.65. The van der Waals surface area contributed by atoms with E-state index in [9.17, 15) is 24.3 Å². The van der Waals surface area contributed by atoms with E-state index in [1.807, 2.05) is 104 Å². The zero-order valence-corrected chi connectivity index (χ0v) is 41.3. The molecule has 4 amide bonds. The molecule has 3 saturated heterocycles. The zero-order chi connectivity index (χ0) is 50.6. The Balaban J connectivity index is 0.874. The number of benzene rings is 6. The SMILES string of the molecule is C=CCN1CC(=O)N2[C@@H](Cc3ccc(O)cc3)C(=O)N(Cc3cccc4c(-c5cccc(C(=O)Nc6ccc(N7CCN(c8ccc(OC)cc8)CC7)cc6)c5)cn(C)c34)C[C@@H]2N1C(=O)CCc1ccccc1. The van der Waals surface area contributed by atoms with Gasteiger partial charge in [0.2, 0.25) is 17.7 Å². The van der Waals surface area contributed by atoms with Crippen LogP contribution in [0.5, 0.6) is 11.5 Å². The lowest BCUT2D eigenvalue weighted by Crippen LogP contribution is -2.75. The van der Waals surface area contributed by atoms with E-state index >= 15 is 0 Å². The minimum absolute atomic E-state index is 0.0774. The van der Waals surface area contributed by atoms with Gasteiger partial charge in [-0.15, -0.1) is 6.58 Å². The van der Waals surface area contributed by atoms with E-state index in [-0.39, 0.29) is 68.4 Å². The van der Waals surface area contributed by atoms with E-state index < -0.39 is 12.2 Å². The van der Waals surface area contributed by atoms with Gasteiger partial charge in [0.05, 0.1) is 25.7 Å². The summed E-state index contributed by atoms with van der Waals surface area (Å²) in [6, 6.07) is 45.4. The standard InChI is InChI=1S/C59H60N8O6/c1-4-30-65-40-56(70)66-53(35-42-16-25-49(68)26-17-42)59(72)64(39-54(66)67(65)55(69)29-18-41-10-6-5-7-11-41)37-45-14-9-15-51-52(38-61(2)57(45)51)43-12-8-13-44(36-43)58(71)60-46-19-21-47(22-20-46)62-31-33-63(34-32-62)48-23-27-50(73-3)28-24-48/h4-17,19-28,36,38,53-54,68H,1,18,29-35,37,39-40H2,2-3H3,(H,60,71)/t53-,54-/m0/s1. The summed E-state index contributed by atoms with van der Waals surface area (Å²) in [5.74, 6) is 0.102. The van der Waals surface area contributed by atoms with Crippen LogP contribution in [0, 0.1) is 0 Å². The van der Waals surface area contributed by atoms with Crippen LogP contribution in [0.4, 0.5) is 17.1 Å². The van der Waals surface area contributed by atoms with E-state index in [1.54, 1.807) is 57.3 Å². The van der Waals surface area contributed by atoms with E-state index in [0.29, 0.717) is 17.7 Å². The van der Waals surface area contributed by atoms with Gasteiger partial charge in [-0.25, -0.2) is 10.0 Å². The van der Waals surface area contributed by atoms with Crippen LogP contribution >= 0.6 is 0 Å². The highest BCUT2D eigenvalue weighted by Gasteiger charge is 2.51. The zero-order valence-electron chi connectivity index (χ0n) is 41.3. The quantitative estimate of drug-likeness (QED) is 0.0978. The number of carbonyl (C=O) groups excluding carboxylic acids is 4. The van der Waals surface area contributed by atoms with Crippen LogP contribution in [0.2, 0.25) is 0 Å². The number of hydrogen-bond acceptors (Lipinski definition) is 9. The maximum absolute atomic E-state index is 14.9. The molecule has 3 fully saturated rings. The highest BCUT2D eigenvalue weighted by Crippen LogP contribution is 2.36. The summed E-state index contributed by atoms with van der Waals surface area (Å²) in [6.07, 6.45) is 3.89. The number of phenols is 1. The number of rotatable bonds is 15. The molecule has 7 aromatic rings. The number of aryl methyl sites for hydroxylation is 2. The van der Waals surface area contributed by atoms with Crippen LogP contribution in [-0.2, 0) is 40.8 Å². The van der Waals surface area contributed by atoms with Crippen molar-refractivity contribution in [1.82, 2.24) is 24.4 Å². The monoisotopic (exact) mass is 976 g/mol. The predicted molar refractivity (Wildman–Crippen MR) is 285 cm³/mol. The molecule has 73 heavy (non-hydrogen) atoms. The number of amides is 4. The molecule has 0 saturated carbocycles. The third-order valence-electron chi connectivity index (χ3n) is 14.4. The molecule has 0 aliphatic carbocycles. The Morgan fingerprint density at radius 1 is 0.795 bits per heavy atom. The Morgan fingerprint density at radius 2 is 1.48 bits per heavy atom. The number of carbonyl (C=O) groups is 4. The summed E-state index contributed by atoms with van der Waals surface area (Å²) in [5.41, 5.74) is 8.92. The predicted octanol–water partition coefficient (Wildman–Crippen LogP) is 8.12. The van der Waals surface area contributed by atoms with Gasteiger partial charge in [-0.3, -0.25) is 19.2 Å². The molecule has 372 valence electrons. The van der Waals surface area contributed by atoms with Gasteiger partial charge < -0.3 is 39.3 Å². The van der Waals surface area contributed by atoms with Crippen molar-refractivity contribution < 1.29 is 29.0 Å². The lowest BCUT2D eigenvalue weighted by atomic mass is 9.97. The van der Waals surface area contributed by atoms with Gasteiger partial charge >= 0.3 is 0 Å². The number of hydrogen-bond donors (Lipinski definition) is 2. The summed E-state index contributed by atoms with van der Waals surface area (Å²) >= 11 is 0. The number of fused-ring (bicyclic) bond motifs is 2. The molecule has 6 aromatic carbocycles. The highest BCUT2D eigenvalue weighted by molar-refractivity contribution is 6.06. The van der Waals surface area contributed by atoms with Crippen molar-refractivity contribution in [3.05, 3.63) is 187 Å². The molecule has 10 rings (SSSR count). The second kappa shape index (κ2) is 21.2. The van der Waals surface area contributed by atoms with E-state index in [0.717, 1.165) is 76.3 Å². The maximum Gasteiger partial charge on any atom is 0.255 e. The fourth-order valence-electron chi connectivity index (χ4n) is 10.7. The first kappa shape index (κ1) is 48.3. The normalized spacial score (nSPS) is 17.2. The first-order valence-corrected chi connectivity index (χ1v) is 24.9. The molecule has 0 bridgehead atoms. The minimum atomic E-state index is -0.909. The van der Waals surface area contributed by atoms with Gasteiger partial charge in [0.15, 0.2) is 0 Å². The Labute approximate surface area is 425 Å². The third kappa shape index (κ3) is 10.2. The van der Waals surface area contributed by atoms with Gasteiger partial charge in [0, 0.05) is 98.9 Å². The maximum atomic E-state index is 14.9. The molecule has 3 aliphatic heterocycles. The third-order valence-corrected chi connectivity index (χ3v) is 14.4. The van der Waals surface area contributed by atoms with Crippen molar-refractivity contribution in [2.24, 2.45) is 7.05 Å². The van der Waals surface area contributed by atoms with E-state index in [1.165, 1.54) is 5.69 Å². The average molecular weight is 977 g/mol. The van der Waals surface area contributed by atoms with Gasteiger partial charge in [-0.2, -0.15) is 0 Å². The number of ether oxygens (including phenoxy) is 1. The molecular formula is C59H60N8O6. The van der Waals surface area contributed by atoms with Gasteiger partial charge in [0.25, 0.3) is 5.91 Å². The van der Waals surface area contributed by atoms with Crippen LogP contribution in [0.1, 0.15) is 33.5 Å². The van der Waals surface area contributed by atoms with Gasteiger partial charge in [0.1, 0.15) is 23.7 Å². The number of hydrazine groups is 1. The second-order valence-electron chi connectivity index (χ2n) is 19.0. The van der Waals surface area contributed by atoms with E-state index in [2.05, 4.69) is 56.6 Å². The van der Waals surface area contributed by atoms with Crippen molar-refractivity contribution in [2.45, 2.75) is 38.0 Å². The Bertz CT molecular complexity index is 3130. The molecule has 14 heteroatoms. The molecule has 14 nitrogen and oxygen atoms in total. The highest BCUT2D eigenvalue weighted by atomic mass is 16.5. The summed E-state index contributed by atoms with van der Waals surface area (Å²) in [6.45, 7) is 8.00. The number of nitrogens with one attached hydrogen (secondary N) is 1. The lowest BCUT2D eigenvalue weighted by Gasteiger charge is -2.55. The molecule has 2 atom stereocenters. The average Bonchev–Trinajstić information content (AvgIpc) is 3.77. The number of methoxy groups -OCH3 is 1. The van der Waals surface area contributed by atoms with Crippen molar-refractivity contribution in [1.29, 1.82) is 0 Å². The molecular weight excluding hydrogens is 917 g/mol. The van der Waals surface area contributed by atoms with Crippen molar-refractivity contribution >= 4 is 51.6 Å². The summed E-state index contributed by atoms with van der Waals surface area (Å²) < 4.78 is 7.38. The first-order valence-electron chi connectivity index (χ1n) is 24.9. The van der Waals surface area contributed by atoms with Crippen LogP contribution in [0.3, 0.4) is 0 Å². The number of para-hydroxylation sites is 1. The lowest BCUT2D eigenvalue weighted by molar-refractivity contribution is -0.205. The van der Waals surface area contributed by atoms with Gasteiger partial charge in [-0.05, 0) is 101 Å². The first-order chi connectivity index (χ1) is 35.5. The molecule has 4 heterocycles. The number of aromatic hydroxyl groups is 1. The van der Waals surface area contributed by atoms with Crippen LogP contribution in [0.25, 0.3) is 22.0 Å². The topological polar surface area (TPSA) is 134 Å². The summed E-state index contributed by atoms with van der Waals surface area (Å²) in [4.78, 5) is 65.6. The van der Waals surface area contributed by atoms with Crippen molar-refractivity contribution in [3.8, 4) is 22.6 Å². The molecule has 0 spiro atoms. The molecule has 1 aromatic heterocycles. The number of piperazine rings is 2. The largest absolute Gasteiger partial charge is 0.508 e. The molecule has 3 aliphatic rings. The van der Waals surface area contributed by atoms with Crippen molar-refractivity contribution in [3.63, 3.8) is 0 Å². The smallest absolute Gasteiger partial charge is 0.255 e. The number of phenolic OH excluding ortho intramolecular Hbond substituents is 1. The molecule has 0 unspecified atom stereocenters.